The Morgan fingerprint density at radius 2 is 1.53 bits per heavy atom. The van der Waals surface area contributed by atoms with Crippen LogP contribution >= 0.6 is 0 Å². The minimum Gasteiger partial charge on any atom is -0.507 e. The highest BCUT2D eigenvalue weighted by atomic mass is 16.3. The summed E-state index contributed by atoms with van der Waals surface area (Å²) >= 11 is 0. The normalized spacial score (nSPS) is 14.8. The fraction of sp³-hybridized carbons (Fsp3) is 0.259. The Morgan fingerprint density at radius 3 is 2.25 bits per heavy atom. The summed E-state index contributed by atoms with van der Waals surface area (Å²) in [6.45, 7) is 8.78. The van der Waals surface area contributed by atoms with Crippen molar-refractivity contribution >= 4 is 16.9 Å². The molecule has 1 aliphatic rings. The van der Waals surface area contributed by atoms with E-state index in [9.17, 15) is 5.11 Å². The van der Waals surface area contributed by atoms with E-state index < -0.39 is 0 Å². The largest absolute Gasteiger partial charge is 0.507 e. The molecular weight excluding hydrogens is 396 g/mol. The quantitative estimate of drug-likeness (QED) is 0.503. The highest BCUT2D eigenvalue weighted by molar-refractivity contribution is 5.82. The van der Waals surface area contributed by atoms with Gasteiger partial charge in [0, 0.05) is 32.7 Å². The molecule has 32 heavy (non-hydrogen) atoms. The molecule has 5 heteroatoms. The molecule has 3 aromatic carbocycles. The van der Waals surface area contributed by atoms with Gasteiger partial charge in [-0.3, -0.25) is 9.88 Å². The molecule has 162 valence electrons. The summed E-state index contributed by atoms with van der Waals surface area (Å²) in [5, 5.41) is 10.1. The minimum absolute atomic E-state index is 0.364. The summed E-state index contributed by atoms with van der Waals surface area (Å²) in [5.74, 6) is 1.30. The Balaban J connectivity index is 1.34. The monoisotopic (exact) mass is 424 g/mol. The van der Waals surface area contributed by atoms with Gasteiger partial charge < -0.3 is 10.0 Å². The Labute approximate surface area is 189 Å². The maximum atomic E-state index is 10.1. The molecule has 2 heterocycles. The van der Waals surface area contributed by atoms with E-state index in [4.69, 9.17) is 4.98 Å². The van der Waals surface area contributed by atoms with Crippen LogP contribution in [0.1, 0.15) is 16.7 Å². The Hall–Kier alpha value is -3.44. The van der Waals surface area contributed by atoms with Gasteiger partial charge in [-0.05, 0) is 65.9 Å². The first-order valence-electron chi connectivity index (χ1n) is 11.2. The van der Waals surface area contributed by atoms with Crippen LogP contribution in [0.5, 0.6) is 5.75 Å². The molecule has 5 rings (SSSR count). The molecule has 0 aliphatic carbocycles. The summed E-state index contributed by atoms with van der Waals surface area (Å²) in [6, 6.07) is 20.9. The van der Waals surface area contributed by atoms with Crippen molar-refractivity contribution in [3.63, 3.8) is 0 Å². The van der Waals surface area contributed by atoms with Crippen molar-refractivity contribution in [3.05, 3.63) is 83.6 Å². The van der Waals surface area contributed by atoms with E-state index in [2.05, 4.69) is 57.2 Å². The number of phenols is 1. The molecule has 0 bridgehead atoms. The Kier molecular flexibility index (Phi) is 5.50. The minimum atomic E-state index is 0.364. The van der Waals surface area contributed by atoms with Crippen molar-refractivity contribution in [1.29, 1.82) is 0 Å². The van der Waals surface area contributed by atoms with E-state index in [0.717, 1.165) is 71.8 Å². The SMILES string of the molecule is Cc1cc(-c2ccc3ncc(N4CCN(Cc5ccccc5)CC4)nc3c2)cc(C)c1O. The smallest absolute Gasteiger partial charge is 0.147 e. The summed E-state index contributed by atoms with van der Waals surface area (Å²) in [4.78, 5) is 14.4. The lowest BCUT2D eigenvalue weighted by atomic mass is 9.99. The van der Waals surface area contributed by atoms with Gasteiger partial charge in [0.05, 0.1) is 17.2 Å². The summed E-state index contributed by atoms with van der Waals surface area (Å²) < 4.78 is 0. The summed E-state index contributed by atoms with van der Waals surface area (Å²) in [6.07, 6.45) is 1.89. The first-order chi connectivity index (χ1) is 15.6. The van der Waals surface area contributed by atoms with Gasteiger partial charge in [0.1, 0.15) is 11.6 Å². The number of fused-ring (bicyclic) bond motifs is 1. The number of piperazine rings is 1. The molecule has 0 radical (unpaired) electrons. The number of rotatable bonds is 4. The van der Waals surface area contributed by atoms with Crippen molar-refractivity contribution in [1.82, 2.24) is 14.9 Å². The molecule has 1 aromatic heterocycles. The molecule has 1 N–H and O–H groups in total. The molecule has 4 aromatic rings. The zero-order chi connectivity index (χ0) is 22.1. The molecule has 0 saturated carbocycles. The van der Waals surface area contributed by atoms with Crippen molar-refractivity contribution < 1.29 is 5.11 Å². The number of benzene rings is 3. The van der Waals surface area contributed by atoms with Crippen LogP contribution in [0.25, 0.3) is 22.2 Å². The standard InChI is InChI=1S/C27H28N4O/c1-19-14-23(15-20(2)27(19)32)22-8-9-24-25(16-22)29-26(17-28-24)31-12-10-30(11-13-31)18-21-6-4-3-5-7-21/h3-9,14-17,32H,10-13,18H2,1-2H3. The van der Waals surface area contributed by atoms with E-state index in [1.807, 2.05) is 38.2 Å². The molecule has 1 aliphatic heterocycles. The number of hydrogen-bond acceptors (Lipinski definition) is 5. The fourth-order valence-electron chi connectivity index (χ4n) is 4.43. The van der Waals surface area contributed by atoms with Crippen molar-refractivity contribution in [2.24, 2.45) is 0 Å². The number of nitrogens with zero attached hydrogens (tertiary/aromatic N) is 4. The number of aromatic hydroxyl groups is 1. The molecule has 1 saturated heterocycles. The molecule has 0 atom stereocenters. The zero-order valence-electron chi connectivity index (χ0n) is 18.6. The molecule has 0 spiro atoms. The predicted octanol–water partition coefficient (Wildman–Crippen LogP) is 4.94. The van der Waals surface area contributed by atoms with Gasteiger partial charge in [0.25, 0.3) is 0 Å². The van der Waals surface area contributed by atoms with E-state index in [-0.39, 0.29) is 0 Å². The highest BCUT2D eigenvalue weighted by Crippen LogP contribution is 2.30. The van der Waals surface area contributed by atoms with Crippen molar-refractivity contribution in [2.75, 3.05) is 31.1 Å². The zero-order valence-corrected chi connectivity index (χ0v) is 18.6. The van der Waals surface area contributed by atoms with Crippen LogP contribution in [0.2, 0.25) is 0 Å². The number of anilines is 1. The highest BCUT2D eigenvalue weighted by Gasteiger charge is 2.19. The first kappa shape index (κ1) is 20.5. The van der Waals surface area contributed by atoms with E-state index in [0.29, 0.717) is 5.75 Å². The van der Waals surface area contributed by atoms with Gasteiger partial charge in [-0.15, -0.1) is 0 Å². The number of aryl methyl sites for hydroxylation is 2. The second-order valence-electron chi connectivity index (χ2n) is 8.64. The third-order valence-electron chi connectivity index (χ3n) is 6.30. The third-order valence-corrected chi connectivity index (χ3v) is 6.30. The van der Waals surface area contributed by atoms with Gasteiger partial charge in [0.2, 0.25) is 0 Å². The van der Waals surface area contributed by atoms with E-state index in [1.165, 1.54) is 5.56 Å². The maximum Gasteiger partial charge on any atom is 0.147 e. The summed E-state index contributed by atoms with van der Waals surface area (Å²) in [7, 11) is 0. The predicted molar refractivity (Wildman–Crippen MR) is 130 cm³/mol. The molecule has 0 amide bonds. The van der Waals surface area contributed by atoms with Crippen LogP contribution in [0.4, 0.5) is 5.82 Å². The van der Waals surface area contributed by atoms with Crippen LogP contribution < -0.4 is 4.90 Å². The van der Waals surface area contributed by atoms with E-state index >= 15 is 0 Å². The van der Waals surface area contributed by atoms with E-state index in [1.54, 1.807) is 0 Å². The number of phenolic OH excluding ortho intramolecular Hbond substituents is 1. The lowest BCUT2D eigenvalue weighted by Crippen LogP contribution is -2.46. The fourth-order valence-corrected chi connectivity index (χ4v) is 4.43. The third kappa shape index (κ3) is 4.16. The van der Waals surface area contributed by atoms with Gasteiger partial charge in [-0.25, -0.2) is 4.98 Å². The molecule has 0 unspecified atom stereocenters. The van der Waals surface area contributed by atoms with Crippen LogP contribution in [0.3, 0.4) is 0 Å². The van der Waals surface area contributed by atoms with Crippen LogP contribution in [-0.4, -0.2) is 46.2 Å². The second kappa shape index (κ2) is 8.60. The number of hydrogen-bond donors (Lipinski definition) is 1. The second-order valence-corrected chi connectivity index (χ2v) is 8.64. The molecular formula is C27H28N4O. The van der Waals surface area contributed by atoms with Crippen LogP contribution in [-0.2, 0) is 6.54 Å². The van der Waals surface area contributed by atoms with Crippen LogP contribution in [0.15, 0.2) is 66.9 Å². The van der Waals surface area contributed by atoms with Gasteiger partial charge >= 0.3 is 0 Å². The average molecular weight is 425 g/mol. The first-order valence-corrected chi connectivity index (χ1v) is 11.2. The lowest BCUT2D eigenvalue weighted by molar-refractivity contribution is 0.249. The number of aromatic nitrogens is 2. The Bertz CT molecular complexity index is 1220. The van der Waals surface area contributed by atoms with Gasteiger partial charge in [0.15, 0.2) is 0 Å². The average Bonchev–Trinajstić information content (AvgIpc) is 2.82. The lowest BCUT2D eigenvalue weighted by Gasteiger charge is -2.35. The molecule has 5 nitrogen and oxygen atoms in total. The summed E-state index contributed by atoms with van der Waals surface area (Å²) in [5.41, 5.74) is 7.09. The van der Waals surface area contributed by atoms with Crippen LogP contribution in [0, 0.1) is 13.8 Å². The topological polar surface area (TPSA) is 52.5 Å². The van der Waals surface area contributed by atoms with Crippen molar-refractivity contribution in [2.45, 2.75) is 20.4 Å². The maximum absolute atomic E-state index is 10.1. The Morgan fingerprint density at radius 1 is 0.812 bits per heavy atom. The van der Waals surface area contributed by atoms with Gasteiger partial charge in [-0.1, -0.05) is 36.4 Å². The van der Waals surface area contributed by atoms with Gasteiger partial charge in [-0.2, -0.15) is 0 Å². The molecule has 1 fully saturated rings. The van der Waals surface area contributed by atoms with Crippen molar-refractivity contribution in [3.8, 4) is 16.9 Å².